The number of nitrogens with one attached hydrogen (secondary N) is 1. The van der Waals surface area contributed by atoms with Gasteiger partial charge in [0.05, 0.1) is 6.61 Å². The third kappa shape index (κ3) is 4.73. The van der Waals surface area contributed by atoms with E-state index < -0.39 is 5.97 Å². The standard InChI is InChI=1S/C23H18ClNO5S/c1-2-28-23(27)21-17(15-5-7-16(24)8-6-15)12-31-22(21)25-20(26)10-4-14-3-9-18-19(11-14)30-13-29-18/h3-12H,2,13H2,1H3,(H,25,26). The topological polar surface area (TPSA) is 73.9 Å². The molecule has 1 aliphatic heterocycles. The fourth-order valence-electron chi connectivity index (χ4n) is 3.04. The zero-order valence-electron chi connectivity index (χ0n) is 16.5. The van der Waals surface area contributed by atoms with Crippen molar-refractivity contribution in [3.8, 4) is 22.6 Å². The molecule has 0 aliphatic carbocycles. The predicted molar refractivity (Wildman–Crippen MR) is 121 cm³/mol. The van der Waals surface area contributed by atoms with Gasteiger partial charge in [0.15, 0.2) is 11.5 Å². The Morgan fingerprint density at radius 2 is 1.94 bits per heavy atom. The Hall–Kier alpha value is -3.29. The summed E-state index contributed by atoms with van der Waals surface area (Å²) in [5, 5.41) is 5.61. The van der Waals surface area contributed by atoms with E-state index in [4.69, 9.17) is 25.8 Å². The molecule has 158 valence electrons. The molecule has 0 spiro atoms. The van der Waals surface area contributed by atoms with Crippen molar-refractivity contribution in [2.24, 2.45) is 0 Å². The van der Waals surface area contributed by atoms with E-state index >= 15 is 0 Å². The van der Waals surface area contributed by atoms with Crippen molar-refractivity contribution in [1.82, 2.24) is 0 Å². The van der Waals surface area contributed by atoms with Gasteiger partial charge in [-0.15, -0.1) is 11.3 Å². The van der Waals surface area contributed by atoms with Crippen LogP contribution in [0.3, 0.4) is 0 Å². The highest BCUT2D eigenvalue weighted by molar-refractivity contribution is 7.15. The summed E-state index contributed by atoms with van der Waals surface area (Å²) >= 11 is 7.23. The number of esters is 1. The van der Waals surface area contributed by atoms with Crippen LogP contribution in [0, 0.1) is 0 Å². The minimum absolute atomic E-state index is 0.188. The van der Waals surface area contributed by atoms with Crippen LogP contribution in [0.25, 0.3) is 17.2 Å². The van der Waals surface area contributed by atoms with Crippen LogP contribution >= 0.6 is 22.9 Å². The number of amides is 1. The van der Waals surface area contributed by atoms with Gasteiger partial charge in [-0.2, -0.15) is 0 Å². The van der Waals surface area contributed by atoms with E-state index in [-0.39, 0.29) is 19.3 Å². The Bertz CT molecular complexity index is 1150. The Morgan fingerprint density at radius 3 is 2.71 bits per heavy atom. The van der Waals surface area contributed by atoms with Gasteiger partial charge in [0.2, 0.25) is 12.7 Å². The number of ether oxygens (including phenoxy) is 3. The molecular formula is C23H18ClNO5S. The van der Waals surface area contributed by atoms with Crippen LogP contribution in [0.4, 0.5) is 5.00 Å². The monoisotopic (exact) mass is 455 g/mol. The maximum atomic E-state index is 12.6. The van der Waals surface area contributed by atoms with Gasteiger partial charge in [0, 0.05) is 22.0 Å². The van der Waals surface area contributed by atoms with Crippen molar-refractivity contribution in [3.63, 3.8) is 0 Å². The number of rotatable bonds is 6. The second kappa shape index (κ2) is 9.24. The normalized spacial score (nSPS) is 12.2. The van der Waals surface area contributed by atoms with Crippen molar-refractivity contribution in [2.75, 3.05) is 18.7 Å². The second-order valence-corrected chi connectivity index (χ2v) is 7.83. The molecule has 0 unspecified atom stereocenters. The van der Waals surface area contributed by atoms with Crippen LogP contribution in [-0.4, -0.2) is 25.3 Å². The van der Waals surface area contributed by atoms with Crippen LogP contribution in [0.2, 0.25) is 5.02 Å². The number of carbonyl (C=O) groups is 2. The molecule has 0 radical (unpaired) electrons. The zero-order chi connectivity index (χ0) is 21.8. The molecule has 2 heterocycles. The Morgan fingerprint density at radius 1 is 1.16 bits per heavy atom. The average Bonchev–Trinajstić information content (AvgIpc) is 3.39. The fraction of sp³-hybridized carbons (Fsp3) is 0.130. The molecule has 0 saturated heterocycles. The number of carbonyl (C=O) groups excluding carboxylic acids is 2. The summed E-state index contributed by atoms with van der Waals surface area (Å²) in [6, 6.07) is 12.5. The lowest BCUT2D eigenvalue weighted by atomic mass is 10.0. The summed E-state index contributed by atoms with van der Waals surface area (Å²) in [5.74, 6) is 0.448. The molecule has 4 rings (SSSR count). The van der Waals surface area contributed by atoms with Crippen LogP contribution in [0.5, 0.6) is 11.5 Å². The first-order valence-corrected chi connectivity index (χ1v) is 10.7. The highest BCUT2D eigenvalue weighted by Crippen LogP contribution is 2.37. The Balaban J connectivity index is 1.56. The number of fused-ring (bicyclic) bond motifs is 1. The molecule has 0 atom stereocenters. The Kier molecular flexibility index (Phi) is 6.25. The van der Waals surface area contributed by atoms with Crippen molar-refractivity contribution in [2.45, 2.75) is 6.92 Å². The van der Waals surface area contributed by atoms with E-state index in [9.17, 15) is 9.59 Å². The average molecular weight is 456 g/mol. The fourth-order valence-corrected chi connectivity index (χ4v) is 4.13. The van der Waals surface area contributed by atoms with Gasteiger partial charge in [-0.3, -0.25) is 4.79 Å². The van der Waals surface area contributed by atoms with Gasteiger partial charge in [-0.25, -0.2) is 4.79 Å². The van der Waals surface area contributed by atoms with E-state index in [0.29, 0.717) is 32.6 Å². The predicted octanol–water partition coefficient (Wildman–Crippen LogP) is 5.63. The zero-order valence-corrected chi connectivity index (χ0v) is 18.1. The summed E-state index contributed by atoms with van der Waals surface area (Å²) in [7, 11) is 0. The molecular weight excluding hydrogens is 438 g/mol. The number of hydrogen-bond acceptors (Lipinski definition) is 6. The summed E-state index contributed by atoms with van der Waals surface area (Å²) in [6.07, 6.45) is 3.06. The molecule has 8 heteroatoms. The molecule has 0 fully saturated rings. The summed E-state index contributed by atoms with van der Waals surface area (Å²) in [6.45, 7) is 2.15. The van der Waals surface area contributed by atoms with E-state index in [1.807, 2.05) is 23.6 Å². The highest BCUT2D eigenvalue weighted by Gasteiger charge is 2.22. The number of halogens is 1. The molecule has 1 aliphatic rings. The first-order chi connectivity index (χ1) is 15.0. The Labute approximate surface area is 188 Å². The highest BCUT2D eigenvalue weighted by atomic mass is 35.5. The summed E-state index contributed by atoms with van der Waals surface area (Å²) < 4.78 is 15.8. The minimum Gasteiger partial charge on any atom is -0.462 e. The van der Waals surface area contributed by atoms with Crippen molar-refractivity contribution < 1.29 is 23.8 Å². The van der Waals surface area contributed by atoms with Gasteiger partial charge in [-0.05, 0) is 48.4 Å². The number of hydrogen-bond donors (Lipinski definition) is 1. The number of benzene rings is 2. The van der Waals surface area contributed by atoms with E-state index in [1.54, 1.807) is 37.3 Å². The van der Waals surface area contributed by atoms with Gasteiger partial charge >= 0.3 is 5.97 Å². The molecule has 1 amide bonds. The third-order valence-electron chi connectivity index (χ3n) is 4.49. The maximum absolute atomic E-state index is 12.6. The van der Waals surface area contributed by atoms with Crippen molar-refractivity contribution >= 4 is 45.9 Å². The number of thiophene rings is 1. The van der Waals surface area contributed by atoms with Gasteiger partial charge in [-0.1, -0.05) is 29.8 Å². The first-order valence-electron chi connectivity index (χ1n) is 9.48. The van der Waals surface area contributed by atoms with Gasteiger partial charge in [0.1, 0.15) is 10.6 Å². The van der Waals surface area contributed by atoms with Crippen molar-refractivity contribution in [1.29, 1.82) is 0 Å². The molecule has 6 nitrogen and oxygen atoms in total. The molecule has 0 bridgehead atoms. The van der Waals surface area contributed by atoms with Crippen LogP contribution in [0.1, 0.15) is 22.8 Å². The van der Waals surface area contributed by atoms with Crippen LogP contribution < -0.4 is 14.8 Å². The lowest BCUT2D eigenvalue weighted by Crippen LogP contribution is -2.12. The molecule has 2 aromatic carbocycles. The van der Waals surface area contributed by atoms with E-state index in [0.717, 1.165) is 11.1 Å². The first kappa shape index (κ1) is 21.0. The number of anilines is 1. The van der Waals surface area contributed by atoms with Crippen molar-refractivity contribution in [3.05, 3.63) is 70.1 Å². The van der Waals surface area contributed by atoms with Gasteiger partial charge < -0.3 is 19.5 Å². The molecule has 1 aromatic heterocycles. The third-order valence-corrected chi connectivity index (χ3v) is 5.63. The molecule has 31 heavy (non-hydrogen) atoms. The minimum atomic E-state index is -0.497. The van der Waals surface area contributed by atoms with E-state index in [1.165, 1.54) is 17.4 Å². The quantitative estimate of drug-likeness (QED) is 0.385. The van der Waals surface area contributed by atoms with Crippen LogP contribution in [-0.2, 0) is 9.53 Å². The van der Waals surface area contributed by atoms with E-state index in [2.05, 4.69) is 5.32 Å². The molecule has 1 N–H and O–H groups in total. The SMILES string of the molecule is CCOC(=O)c1c(-c2ccc(Cl)cc2)csc1NC(=O)C=Cc1ccc2c(c1)OCO2. The summed E-state index contributed by atoms with van der Waals surface area (Å²) in [4.78, 5) is 25.1. The second-order valence-electron chi connectivity index (χ2n) is 6.52. The van der Waals surface area contributed by atoms with Gasteiger partial charge in [0.25, 0.3) is 0 Å². The lowest BCUT2D eigenvalue weighted by Gasteiger charge is -2.08. The molecule has 3 aromatic rings. The van der Waals surface area contributed by atoms with Crippen LogP contribution in [0.15, 0.2) is 53.9 Å². The maximum Gasteiger partial charge on any atom is 0.341 e. The summed E-state index contributed by atoms with van der Waals surface area (Å²) in [5.41, 5.74) is 2.59. The lowest BCUT2D eigenvalue weighted by molar-refractivity contribution is -0.111. The largest absolute Gasteiger partial charge is 0.462 e. The smallest absolute Gasteiger partial charge is 0.341 e. The molecule has 0 saturated carbocycles.